The summed E-state index contributed by atoms with van der Waals surface area (Å²) in [5.74, 6) is 0.391. The summed E-state index contributed by atoms with van der Waals surface area (Å²) in [7, 11) is 3.60. The molecule has 9 heteroatoms. The SMILES string of the molecule is CN1CCN(CC(=O)N2CC[C@]3(C(=O)Nc4ccccc43)[C@@H]2c2nccn2C)C1=O. The zero-order valence-electron chi connectivity index (χ0n) is 17.0. The van der Waals surface area contributed by atoms with Crippen LogP contribution in [0.5, 0.6) is 0 Å². The van der Waals surface area contributed by atoms with Gasteiger partial charge in [-0.2, -0.15) is 0 Å². The van der Waals surface area contributed by atoms with E-state index in [-0.39, 0.29) is 24.4 Å². The van der Waals surface area contributed by atoms with Crippen LogP contribution in [0.2, 0.25) is 0 Å². The van der Waals surface area contributed by atoms with Gasteiger partial charge in [0, 0.05) is 51.8 Å². The normalized spacial score (nSPS) is 25.4. The lowest BCUT2D eigenvalue weighted by atomic mass is 9.74. The Labute approximate surface area is 174 Å². The van der Waals surface area contributed by atoms with Crippen molar-refractivity contribution in [1.82, 2.24) is 24.3 Å². The topological polar surface area (TPSA) is 90.8 Å². The average molecular weight is 408 g/mol. The maximum atomic E-state index is 13.4. The van der Waals surface area contributed by atoms with Crippen LogP contribution in [0.3, 0.4) is 0 Å². The van der Waals surface area contributed by atoms with Crippen molar-refractivity contribution in [3.05, 3.63) is 48.0 Å². The Bertz CT molecular complexity index is 1050. The summed E-state index contributed by atoms with van der Waals surface area (Å²) < 4.78 is 1.86. The molecule has 2 saturated heterocycles. The van der Waals surface area contributed by atoms with Gasteiger partial charge >= 0.3 is 6.03 Å². The van der Waals surface area contributed by atoms with E-state index in [0.29, 0.717) is 31.9 Å². The molecule has 2 fully saturated rings. The third kappa shape index (κ3) is 2.47. The molecule has 3 aliphatic heterocycles. The number of carbonyl (C=O) groups is 3. The van der Waals surface area contributed by atoms with Crippen LogP contribution in [0, 0.1) is 0 Å². The maximum absolute atomic E-state index is 13.4. The van der Waals surface area contributed by atoms with Gasteiger partial charge in [-0.3, -0.25) is 9.59 Å². The number of aromatic nitrogens is 2. The smallest absolute Gasteiger partial charge is 0.320 e. The first kappa shape index (κ1) is 18.7. The summed E-state index contributed by atoms with van der Waals surface area (Å²) in [5, 5.41) is 3.00. The first-order valence-corrected chi connectivity index (χ1v) is 10.1. The van der Waals surface area contributed by atoms with Gasteiger partial charge in [-0.05, 0) is 18.1 Å². The van der Waals surface area contributed by atoms with Crippen LogP contribution in [-0.4, -0.2) is 75.3 Å². The number of para-hydroxylation sites is 1. The van der Waals surface area contributed by atoms with Crippen molar-refractivity contribution >= 4 is 23.5 Å². The van der Waals surface area contributed by atoms with Gasteiger partial charge < -0.3 is 24.6 Å². The molecule has 4 heterocycles. The van der Waals surface area contributed by atoms with Gasteiger partial charge in [0.05, 0.1) is 0 Å². The lowest BCUT2D eigenvalue weighted by Gasteiger charge is -2.34. The van der Waals surface area contributed by atoms with E-state index in [2.05, 4.69) is 10.3 Å². The van der Waals surface area contributed by atoms with Crippen molar-refractivity contribution in [3.63, 3.8) is 0 Å². The Morgan fingerprint density at radius 2 is 2.00 bits per heavy atom. The van der Waals surface area contributed by atoms with Crippen LogP contribution in [0.4, 0.5) is 10.5 Å². The van der Waals surface area contributed by atoms with Gasteiger partial charge in [0.1, 0.15) is 23.8 Å². The van der Waals surface area contributed by atoms with Crippen molar-refractivity contribution in [3.8, 4) is 0 Å². The number of benzene rings is 1. The molecule has 9 nitrogen and oxygen atoms in total. The summed E-state index contributed by atoms with van der Waals surface area (Å²) in [6.07, 6.45) is 4.01. The Hall–Kier alpha value is -3.36. The van der Waals surface area contributed by atoms with E-state index in [0.717, 1.165) is 11.3 Å². The number of aryl methyl sites for hydroxylation is 1. The zero-order chi connectivity index (χ0) is 21.0. The Balaban J connectivity index is 1.55. The molecule has 1 N–H and O–H groups in total. The number of urea groups is 1. The van der Waals surface area contributed by atoms with Gasteiger partial charge in [-0.1, -0.05) is 18.2 Å². The second kappa shape index (κ2) is 6.58. The molecule has 3 aliphatic rings. The number of hydrogen-bond acceptors (Lipinski definition) is 4. The largest absolute Gasteiger partial charge is 0.336 e. The third-order valence-electron chi connectivity index (χ3n) is 6.64. The fourth-order valence-electron chi connectivity index (χ4n) is 5.06. The zero-order valence-corrected chi connectivity index (χ0v) is 17.0. The molecule has 0 radical (unpaired) electrons. The minimum absolute atomic E-state index is 0.00341. The molecule has 156 valence electrons. The predicted molar refractivity (Wildman–Crippen MR) is 109 cm³/mol. The lowest BCUT2D eigenvalue weighted by Crippen LogP contribution is -2.46. The standard InChI is InChI=1S/C21H24N6O3/c1-24-10-8-22-18(24)17-21(14-5-3-4-6-15(14)23-19(21)29)7-9-27(17)16(28)13-26-12-11-25(2)20(26)30/h3-6,8,10,17H,7,9,11-13H2,1-2H3,(H,23,29)/t17-,21+/m0/s1. The fourth-order valence-corrected chi connectivity index (χ4v) is 5.06. The molecule has 30 heavy (non-hydrogen) atoms. The van der Waals surface area contributed by atoms with Crippen LogP contribution < -0.4 is 5.32 Å². The van der Waals surface area contributed by atoms with Crippen LogP contribution in [0.15, 0.2) is 36.7 Å². The van der Waals surface area contributed by atoms with Gasteiger partial charge in [-0.15, -0.1) is 0 Å². The van der Waals surface area contributed by atoms with E-state index in [1.54, 1.807) is 27.9 Å². The Morgan fingerprint density at radius 3 is 2.70 bits per heavy atom. The number of likely N-dealkylation sites (N-methyl/N-ethyl adjacent to an activating group) is 1. The van der Waals surface area contributed by atoms with E-state index in [1.807, 2.05) is 42.1 Å². The first-order chi connectivity index (χ1) is 14.4. The first-order valence-electron chi connectivity index (χ1n) is 10.1. The molecule has 1 aromatic carbocycles. The quantitative estimate of drug-likeness (QED) is 0.819. The lowest BCUT2D eigenvalue weighted by molar-refractivity contribution is -0.134. The van der Waals surface area contributed by atoms with Crippen LogP contribution in [0.25, 0.3) is 0 Å². The van der Waals surface area contributed by atoms with Crippen molar-refractivity contribution in [2.45, 2.75) is 17.9 Å². The number of fused-ring (bicyclic) bond motifs is 2. The van der Waals surface area contributed by atoms with Crippen molar-refractivity contribution < 1.29 is 14.4 Å². The van der Waals surface area contributed by atoms with E-state index < -0.39 is 11.5 Å². The number of amides is 4. The summed E-state index contributed by atoms with van der Waals surface area (Å²) in [5.41, 5.74) is 0.791. The number of carbonyl (C=O) groups excluding carboxylic acids is 3. The molecule has 5 rings (SSSR count). The third-order valence-corrected chi connectivity index (χ3v) is 6.64. The molecule has 1 aromatic heterocycles. The number of imidazole rings is 1. The number of rotatable bonds is 3. The minimum atomic E-state index is -0.892. The number of nitrogens with one attached hydrogen (secondary N) is 1. The van der Waals surface area contributed by atoms with Gasteiger partial charge in [-0.25, -0.2) is 9.78 Å². The molecule has 0 unspecified atom stereocenters. The van der Waals surface area contributed by atoms with E-state index in [4.69, 9.17) is 0 Å². The number of likely N-dealkylation sites (tertiary alicyclic amines) is 1. The average Bonchev–Trinajstić information content (AvgIpc) is 3.47. The predicted octanol–water partition coefficient (Wildman–Crippen LogP) is 0.951. The second-order valence-electron chi connectivity index (χ2n) is 8.23. The summed E-state index contributed by atoms with van der Waals surface area (Å²) >= 11 is 0. The maximum Gasteiger partial charge on any atom is 0.320 e. The molecular formula is C21H24N6O3. The summed E-state index contributed by atoms with van der Waals surface area (Å²) in [6.45, 7) is 1.56. The monoisotopic (exact) mass is 408 g/mol. The summed E-state index contributed by atoms with van der Waals surface area (Å²) in [4.78, 5) is 48.4. The van der Waals surface area contributed by atoms with E-state index >= 15 is 0 Å². The number of hydrogen-bond donors (Lipinski definition) is 1. The van der Waals surface area contributed by atoms with Gasteiger partial charge in [0.2, 0.25) is 11.8 Å². The Kier molecular flexibility index (Phi) is 4.09. The molecule has 4 amide bonds. The highest BCUT2D eigenvalue weighted by molar-refractivity contribution is 6.07. The Morgan fingerprint density at radius 1 is 1.20 bits per heavy atom. The van der Waals surface area contributed by atoms with E-state index in [9.17, 15) is 14.4 Å². The van der Waals surface area contributed by atoms with Crippen LogP contribution >= 0.6 is 0 Å². The second-order valence-corrected chi connectivity index (χ2v) is 8.23. The molecule has 0 aliphatic carbocycles. The highest BCUT2D eigenvalue weighted by Crippen LogP contribution is 2.54. The molecule has 1 spiro atoms. The van der Waals surface area contributed by atoms with Gasteiger partial charge in [0.25, 0.3) is 0 Å². The number of nitrogens with zero attached hydrogens (tertiary/aromatic N) is 5. The molecule has 2 atom stereocenters. The molecule has 0 saturated carbocycles. The molecule has 2 aromatic rings. The molecule has 0 bridgehead atoms. The number of anilines is 1. The highest BCUT2D eigenvalue weighted by Gasteiger charge is 2.60. The van der Waals surface area contributed by atoms with Crippen LogP contribution in [-0.2, 0) is 22.1 Å². The minimum Gasteiger partial charge on any atom is -0.336 e. The van der Waals surface area contributed by atoms with Crippen molar-refractivity contribution in [1.29, 1.82) is 0 Å². The van der Waals surface area contributed by atoms with Crippen molar-refractivity contribution in [2.24, 2.45) is 7.05 Å². The molecular weight excluding hydrogens is 384 g/mol. The van der Waals surface area contributed by atoms with E-state index in [1.165, 1.54) is 0 Å². The fraction of sp³-hybridized carbons (Fsp3) is 0.429. The van der Waals surface area contributed by atoms with Gasteiger partial charge in [0.15, 0.2) is 0 Å². The highest BCUT2D eigenvalue weighted by atomic mass is 16.2. The summed E-state index contributed by atoms with van der Waals surface area (Å²) in [6, 6.07) is 6.97. The van der Waals surface area contributed by atoms with Crippen molar-refractivity contribution in [2.75, 3.05) is 38.5 Å². The van der Waals surface area contributed by atoms with Crippen LogP contribution in [0.1, 0.15) is 23.9 Å².